The number of halogens is 2. The molecule has 19 heavy (non-hydrogen) atoms. The van der Waals surface area contributed by atoms with E-state index in [0.29, 0.717) is 10.9 Å². The molecule has 0 aliphatic rings. The maximum atomic E-state index is 6.11. The first-order valence-corrected chi connectivity index (χ1v) is 6.70. The number of nitrogens with zero attached hydrogens (tertiary/aromatic N) is 4. The Bertz CT molecular complexity index is 755. The maximum absolute atomic E-state index is 6.11. The van der Waals surface area contributed by atoms with E-state index in [2.05, 4.69) is 36.3 Å². The van der Waals surface area contributed by atoms with Gasteiger partial charge in [0.15, 0.2) is 0 Å². The maximum Gasteiger partial charge on any atom is 0.255 e. The summed E-state index contributed by atoms with van der Waals surface area (Å²) in [7, 11) is 0. The molecule has 0 saturated carbocycles. The Balaban J connectivity index is 2.14. The van der Waals surface area contributed by atoms with Crippen molar-refractivity contribution < 1.29 is 0 Å². The Labute approximate surface area is 122 Å². The first-order valence-electron chi connectivity index (χ1n) is 5.53. The average Bonchev–Trinajstić information content (AvgIpc) is 2.83. The summed E-state index contributed by atoms with van der Waals surface area (Å²) in [5.74, 6) is 1.22. The molecule has 96 valence electrons. The molecular formula is C12H9BrClN5. The molecule has 0 amide bonds. The topological polar surface area (TPSA) is 55.1 Å². The number of benzene rings is 1. The zero-order valence-electron chi connectivity index (χ0n) is 9.93. The summed E-state index contributed by atoms with van der Waals surface area (Å²) >= 11 is 9.54. The van der Waals surface area contributed by atoms with Crippen molar-refractivity contribution in [1.82, 2.24) is 19.6 Å². The van der Waals surface area contributed by atoms with Gasteiger partial charge in [0.05, 0.1) is 0 Å². The van der Waals surface area contributed by atoms with E-state index in [4.69, 9.17) is 11.6 Å². The van der Waals surface area contributed by atoms with Crippen LogP contribution in [-0.4, -0.2) is 19.6 Å². The zero-order valence-corrected chi connectivity index (χ0v) is 12.3. The molecule has 0 bridgehead atoms. The molecule has 0 radical (unpaired) electrons. The summed E-state index contributed by atoms with van der Waals surface area (Å²) in [6.45, 7) is 1.89. The summed E-state index contributed by atoms with van der Waals surface area (Å²) < 4.78 is 2.62. The third-order valence-electron chi connectivity index (χ3n) is 2.69. The molecule has 0 spiro atoms. The van der Waals surface area contributed by atoms with Crippen LogP contribution in [0.2, 0.25) is 5.15 Å². The lowest BCUT2D eigenvalue weighted by atomic mass is 10.3. The lowest BCUT2D eigenvalue weighted by molar-refractivity contribution is 0.936. The third-order valence-corrected chi connectivity index (χ3v) is 3.55. The second kappa shape index (κ2) is 4.79. The Morgan fingerprint density at radius 1 is 1.37 bits per heavy atom. The summed E-state index contributed by atoms with van der Waals surface area (Å²) in [6, 6.07) is 7.84. The monoisotopic (exact) mass is 337 g/mol. The first-order chi connectivity index (χ1) is 9.15. The summed E-state index contributed by atoms with van der Waals surface area (Å²) in [6.07, 6.45) is 1.45. The van der Waals surface area contributed by atoms with Gasteiger partial charge in [0.1, 0.15) is 17.3 Å². The Hall–Kier alpha value is -1.66. The lowest BCUT2D eigenvalue weighted by Crippen LogP contribution is -2.04. The number of aromatic nitrogens is 4. The molecule has 0 atom stereocenters. The summed E-state index contributed by atoms with van der Waals surface area (Å²) in [5.41, 5.74) is 1.75. The van der Waals surface area contributed by atoms with Crippen molar-refractivity contribution in [1.29, 1.82) is 0 Å². The van der Waals surface area contributed by atoms with Gasteiger partial charge in [0.25, 0.3) is 5.78 Å². The Morgan fingerprint density at radius 2 is 2.21 bits per heavy atom. The van der Waals surface area contributed by atoms with Crippen LogP contribution in [-0.2, 0) is 0 Å². The number of rotatable bonds is 2. The van der Waals surface area contributed by atoms with Gasteiger partial charge in [-0.25, -0.2) is 0 Å². The molecule has 0 aliphatic carbocycles. The van der Waals surface area contributed by atoms with E-state index >= 15 is 0 Å². The van der Waals surface area contributed by atoms with Crippen molar-refractivity contribution in [3.63, 3.8) is 0 Å². The first kappa shape index (κ1) is 12.4. The molecule has 7 heteroatoms. The van der Waals surface area contributed by atoms with E-state index in [0.717, 1.165) is 21.5 Å². The molecule has 0 aliphatic heterocycles. The van der Waals surface area contributed by atoms with Crippen LogP contribution in [0.5, 0.6) is 0 Å². The molecule has 5 nitrogen and oxygen atoms in total. The van der Waals surface area contributed by atoms with Crippen LogP contribution in [0.15, 0.2) is 35.1 Å². The zero-order chi connectivity index (χ0) is 13.4. The highest BCUT2D eigenvalue weighted by molar-refractivity contribution is 9.10. The van der Waals surface area contributed by atoms with Gasteiger partial charge in [0, 0.05) is 15.7 Å². The normalized spacial score (nSPS) is 10.9. The fraction of sp³-hybridized carbons (Fsp3) is 0.0833. The van der Waals surface area contributed by atoms with Crippen LogP contribution < -0.4 is 5.32 Å². The second-order valence-electron chi connectivity index (χ2n) is 3.98. The summed E-state index contributed by atoms with van der Waals surface area (Å²) in [5, 5.41) is 7.85. The molecule has 2 aromatic heterocycles. The van der Waals surface area contributed by atoms with Gasteiger partial charge in [-0.2, -0.15) is 19.6 Å². The largest absolute Gasteiger partial charge is 0.340 e. The van der Waals surface area contributed by atoms with E-state index in [-0.39, 0.29) is 0 Å². The molecule has 1 aromatic carbocycles. The number of hydrogen-bond acceptors (Lipinski definition) is 4. The average molecular weight is 339 g/mol. The molecule has 3 rings (SSSR count). The number of hydrogen-bond donors (Lipinski definition) is 1. The van der Waals surface area contributed by atoms with E-state index in [1.54, 1.807) is 4.52 Å². The van der Waals surface area contributed by atoms with Gasteiger partial charge in [-0.3, -0.25) is 0 Å². The van der Waals surface area contributed by atoms with Crippen molar-refractivity contribution in [2.45, 2.75) is 6.92 Å². The molecule has 1 N–H and O–H groups in total. The van der Waals surface area contributed by atoms with Crippen LogP contribution in [0.3, 0.4) is 0 Å². The summed E-state index contributed by atoms with van der Waals surface area (Å²) in [4.78, 5) is 8.21. The van der Waals surface area contributed by atoms with Crippen molar-refractivity contribution in [2.75, 3.05) is 5.32 Å². The molecule has 2 heterocycles. The van der Waals surface area contributed by atoms with Crippen LogP contribution in [0.25, 0.3) is 5.78 Å². The van der Waals surface area contributed by atoms with Crippen LogP contribution in [0, 0.1) is 6.92 Å². The van der Waals surface area contributed by atoms with E-state index in [1.165, 1.54) is 6.33 Å². The minimum Gasteiger partial charge on any atom is -0.340 e. The van der Waals surface area contributed by atoms with Gasteiger partial charge in [-0.05, 0) is 25.1 Å². The predicted molar refractivity (Wildman–Crippen MR) is 78.0 cm³/mol. The van der Waals surface area contributed by atoms with Crippen molar-refractivity contribution in [3.05, 3.63) is 45.8 Å². The van der Waals surface area contributed by atoms with Crippen molar-refractivity contribution in [3.8, 4) is 0 Å². The minimum atomic E-state index is 0.415. The predicted octanol–water partition coefficient (Wildman–Crippen LogP) is 3.59. The molecule has 0 saturated heterocycles. The number of fused-ring (bicyclic) bond motifs is 1. The van der Waals surface area contributed by atoms with E-state index in [1.807, 2.05) is 31.2 Å². The molecule has 3 aromatic rings. The number of anilines is 2. The SMILES string of the molecule is Cc1c(Cl)nc2ncnn2c1Nc1cccc(Br)c1. The Morgan fingerprint density at radius 3 is 3.00 bits per heavy atom. The van der Waals surface area contributed by atoms with Crippen molar-refractivity contribution >= 4 is 44.8 Å². The van der Waals surface area contributed by atoms with Gasteiger partial charge >= 0.3 is 0 Å². The van der Waals surface area contributed by atoms with E-state index in [9.17, 15) is 0 Å². The van der Waals surface area contributed by atoms with Crippen LogP contribution >= 0.6 is 27.5 Å². The van der Waals surface area contributed by atoms with Gasteiger partial charge < -0.3 is 5.32 Å². The quantitative estimate of drug-likeness (QED) is 0.726. The van der Waals surface area contributed by atoms with Crippen LogP contribution in [0.4, 0.5) is 11.5 Å². The molecular weight excluding hydrogens is 330 g/mol. The highest BCUT2D eigenvalue weighted by atomic mass is 79.9. The smallest absolute Gasteiger partial charge is 0.255 e. The third kappa shape index (κ3) is 2.29. The van der Waals surface area contributed by atoms with Crippen molar-refractivity contribution in [2.24, 2.45) is 0 Å². The molecule has 0 unspecified atom stereocenters. The fourth-order valence-electron chi connectivity index (χ4n) is 1.75. The van der Waals surface area contributed by atoms with E-state index < -0.39 is 0 Å². The van der Waals surface area contributed by atoms with Crippen LogP contribution in [0.1, 0.15) is 5.56 Å². The lowest BCUT2D eigenvalue weighted by Gasteiger charge is -2.11. The van der Waals surface area contributed by atoms with Gasteiger partial charge in [-0.1, -0.05) is 33.6 Å². The standard InChI is InChI=1S/C12H9BrClN5/c1-7-10(14)18-12-15-6-16-19(12)11(7)17-9-4-2-3-8(13)5-9/h2-6,17H,1H3. The minimum absolute atomic E-state index is 0.415. The van der Waals surface area contributed by atoms with Gasteiger partial charge in [0.2, 0.25) is 0 Å². The van der Waals surface area contributed by atoms with Gasteiger partial charge in [-0.15, -0.1) is 0 Å². The number of nitrogens with one attached hydrogen (secondary N) is 1. The Kier molecular flexibility index (Phi) is 3.12. The second-order valence-corrected chi connectivity index (χ2v) is 5.26. The molecule has 0 fully saturated rings. The fourth-order valence-corrected chi connectivity index (χ4v) is 2.31. The highest BCUT2D eigenvalue weighted by Crippen LogP contribution is 2.26. The highest BCUT2D eigenvalue weighted by Gasteiger charge is 2.12.